The highest BCUT2D eigenvalue weighted by molar-refractivity contribution is 7.89. The molecular weight excluding hydrogens is 454 g/mol. The van der Waals surface area contributed by atoms with Gasteiger partial charge in [-0.25, -0.2) is 17.9 Å². The molecule has 168 valence electrons. The number of methoxy groups -OCH3 is 1. The Hall–Kier alpha value is -2.01. The van der Waals surface area contributed by atoms with Crippen molar-refractivity contribution in [3.05, 3.63) is 40.3 Å². The van der Waals surface area contributed by atoms with Crippen molar-refractivity contribution in [3.8, 4) is 0 Å². The van der Waals surface area contributed by atoms with E-state index in [1.54, 1.807) is 30.4 Å². The number of fused-ring (bicyclic) bond motifs is 1. The van der Waals surface area contributed by atoms with Gasteiger partial charge in [-0.05, 0) is 67.7 Å². The third-order valence-corrected chi connectivity index (χ3v) is 8.02. The summed E-state index contributed by atoms with van der Waals surface area (Å²) in [6.07, 6.45) is 6.34. The second-order valence-corrected chi connectivity index (χ2v) is 10.5. The van der Waals surface area contributed by atoms with E-state index in [-0.39, 0.29) is 10.9 Å². The molecule has 3 N–H and O–H groups in total. The van der Waals surface area contributed by atoms with Crippen LogP contribution in [-0.4, -0.2) is 33.2 Å². The van der Waals surface area contributed by atoms with Crippen molar-refractivity contribution in [1.82, 2.24) is 4.72 Å². The van der Waals surface area contributed by atoms with Gasteiger partial charge in [0, 0.05) is 17.1 Å². The van der Waals surface area contributed by atoms with E-state index in [9.17, 15) is 13.2 Å². The van der Waals surface area contributed by atoms with Gasteiger partial charge in [0.15, 0.2) is 5.11 Å². The van der Waals surface area contributed by atoms with E-state index in [0.29, 0.717) is 27.9 Å². The lowest BCUT2D eigenvalue weighted by Crippen LogP contribution is -2.23. The number of nitrogens with one attached hydrogen (secondary N) is 3. The van der Waals surface area contributed by atoms with Gasteiger partial charge in [-0.3, -0.25) is 0 Å². The quantitative estimate of drug-likeness (QED) is 0.418. The summed E-state index contributed by atoms with van der Waals surface area (Å²) in [5.41, 5.74) is 2.28. The Labute approximate surface area is 192 Å². The zero-order valence-electron chi connectivity index (χ0n) is 17.6. The molecule has 0 amide bonds. The number of thiophene rings is 1. The Kier molecular flexibility index (Phi) is 8.04. The number of rotatable bonds is 6. The fourth-order valence-corrected chi connectivity index (χ4v) is 6.19. The van der Waals surface area contributed by atoms with E-state index in [4.69, 9.17) is 17.0 Å². The fraction of sp³-hybridized carbons (Fsp3) is 0.429. The predicted octanol–water partition coefficient (Wildman–Crippen LogP) is 4.30. The van der Waals surface area contributed by atoms with Crippen LogP contribution in [-0.2, 0) is 27.6 Å². The number of hydrogen-bond acceptors (Lipinski definition) is 6. The molecule has 2 aromatic rings. The Morgan fingerprint density at radius 1 is 1.10 bits per heavy atom. The van der Waals surface area contributed by atoms with Gasteiger partial charge in [-0.2, -0.15) is 0 Å². The average Bonchev–Trinajstić information content (AvgIpc) is 3.03. The van der Waals surface area contributed by atoms with Crippen LogP contribution in [0.25, 0.3) is 0 Å². The molecule has 31 heavy (non-hydrogen) atoms. The van der Waals surface area contributed by atoms with Gasteiger partial charge < -0.3 is 15.4 Å². The fourth-order valence-electron chi connectivity index (χ4n) is 3.58. The van der Waals surface area contributed by atoms with Gasteiger partial charge >= 0.3 is 5.97 Å². The summed E-state index contributed by atoms with van der Waals surface area (Å²) in [6, 6.07) is 6.32. The van der Waals surface area contributed by atoms with Crippen LogP contribution in [0, 0.1) is 0 Å². The maximum Gasteiger partial charge on any atom is 0.341 e. The Morgan fingerprint density at radius 2 is 1.77 bits per heavy atom. The first-order valence-electron chi connectivity index (χ1n) is 10.3. The first-order valence-corrected chi connectivity index (χ1v) is 13.0. The molecule has 0 bridgehead atoms. The van der Waals surface area contributed by atoms with Crippen molar-refractivity contribution in [3.63, 3.8) is 0 Å². The lowest BCUT2D eigenvalue weighted by molar-refractivity contribution is 0.0601. The first-order chi connectivity index (χ1) is 14.9. The van der Waals surface area contributed by atoms with E-state index in [0.717, 1.165) is 37.7 Å². The van der Waals surface area contributed by atoms with E-state index < -0.39 is 10.0 Å². The van der Waals surface area contributed by atoms with Gasteiger partial charge in [0.25, 0.3) is 0 Å². The number of ether oxygens (including phenoxy) is 1. The van der Waals surface area contributed by atoms with Crippen LogP contribution < -0.4 is 15.4 Å². The van der Waals surface area contributed by atoms with E-state index in [1.165, 1.54) is 30.5 Å². The SMILES string of the molecule is CCNS(=O)(=O)c1ccc(NC(=S)Nc2sc3c(c2C(=O)OC)CCCCCC3)cc1. The second kappa shape index (κ2) is 10.5. The second-order valence-electron chi connectivity index (χ2n) is 7.22. The topological polar surface area (TPSA) is 96.5 Å². The highest BCUT2D eigenvalue weighted by Crippen LogP contribution is 2.37. The molecule has 1 aliphatic carbocycles. The molecular formula is C21H27N3O4S3. The van der Waals surface area contributed by atoms with Crippen molar-refractivity contribution in [1.29, 1.82) is 0 Å². The molecule has 0 fully saturated rings. The standard InChI is InChI=1S/C21H27N3O4S3/c1-3-22-31(26,27)15-12-10-14(11-13-15)23-21(29)24-19-18(20(25)28-2)16-8-6-4-5-7-9-17(16)30-19/h10-13,22H,3-9H2,1-2H3,(H2,23,24,29). The van der Waals surface area contributed by atoms with Gasteiger partial charge in [-0.1, -0.05) is 19.8 Å². The minimum atomic E-state index is -3.51. The molecule has 1 aromatic heterocycles. The summed E-state index contributed by atoms with van der Waals surface area (Å²) in [5.74, 6) is -0.360. The third-order valence-electron chi connectivity index (χ3n) is 5.04. The van der Waals surface area contributed by atoms with Crippen molar-refractivity contribution < 1.29 is 17.9 Å². The van der Waals surface area contributed by atoms with Crippen LogP contribution in [0.5, 0.6) is 0 Å². The summed E-state index contributed by atoms with van der Waals surface area (Å²) in [5, 5.41) is 7.20. The Balaban J connectivity index is 1.77. The predicted molar refractivity (Wildman–Crippen MR) is 129 cm³/mol. The number of thiocarbonyl (C=S) groups is 1. The molecule has 1 aromatic carbocycles. The number of benzene rings is 1. The summed E-state index contributed by atoms with van der Waals surface area (Å²) in [4.78, 5) is 13.9. The maximum absolute atomic E-state index is 12.5. The molecule has 0 spiro atoms. The van der Waals surface area contributed by atoms with E-state index in [2.05, 4.69) is 15.4 Å². The zero-order valence-corrected chi connectivity index (χ0v) is 20.1. The van der Waals surface area contributed by atoms with Crippen molar-refractivity contribution >= 4 is 55.3 Å². The number of carbonyl (C=O) groups excluding carboxylic acids is 1. The molecule has 0 saturated carbocycles. The maximum atomic E-state index is 12.5. The molecule has 10 heteroatoms. The smallest absolute Gasteiger partial charge is 0.341 e. The first kappa shape index (κ1) is 23.6. The monoisotopic (exact) mass is 481 g/mol. The number of carbonyl (C=O) groups is 1. The highest BCUT2D eigenvalue weighted by Gasteiger charge is 2.25. The molecule has 3 rings (SSSR count). The average molecular weight is 482 g/mol. The van der Waals surface area contributed by atoms with Crippen LogP contribution >= 0.6 is 23.6 Å². The summed E-state index contributed by atoms with van der Waals surface area (Å²) >= 11 is 7.00. The highest BCUT2D eigenvalue weighted by atomic mass is 32.2. The molecule has 0 radical (unpaired) electrons. The molecule has 0 unspecified atom stereocenters. The van der Waals surface area contributed by atoms with Crippen LogP contribution in [0.4, 0.5) is 10.7 Å². The third kappa shape index (κ3) is 5.82. The summed E-state index contributed by atoms with van der Waals surface area (Å²) in [7, 11) is -2.12. The minimum absolute atomic E-state index is 0.185. The number of anilines is 2. The Morgan fingerprint density at radius 3 is 2.42 bits per heavy atom. The number of aryl methyl sites for hydroxylation is 1. The lowest BCUT2D eigenvalue weighted by atomic mass is 9.96. The molecule has 1 aliphatic rings. The molecule has 7 nitrogen and oxygen atoms in total. The summed E-state index contributed by atoms with van der Waals surface area (Å²) in [6.45, 7) is 2.05. The van der Waals surface area contributed by atoms with Crippen LogP contribution in [0.3, 0.4) is 0 Å². The largest absolute Gasteiger partial charge is 0.465 e. The molecule has 0 atom stereocenters. The van der Waals surface area contributed by atoms with Gasteiger partial charge in [0.05, 0.1) is 17.6 Å². The lowest BCUT2D eigenvalue weighted by Gasteiger charge is -2.12. The van der Waals surface area contributed by atoms with Crippen LogP contribution in [0.15, 0.2) is 29.2 Å². The van der Waals surface area contributed by atoms with Crippen LogP contribution in [0.1, 0.15) is 53.4 Å². The zero-order chi connectivity index (χ0) is 22.4. The van der Waals surface area contributed by atoms with E-state index >= 15 is 0 Å². The van der Waals surface area contributed by atoms with Crippen LogP contribution in [0.2, 0.25) is 0 Å². The molecule has 0 saturated heterocycles. The van der Waals surface area contributed by atoms with Gasteiger partial charge in [-0.15, -0.1) is 11.3 Å². The van der Waals surface area contributed by atoms with Crippen molar-refractivity contribution in [2.75, 3.05) is 24.3 Å². The Bertz CT molecular complexity index is 1050. The van der Waals surface area contributed by atoms with E-state index in [1.807, 2.05) is 0 Å². The van der Waals surface area contributed by atoms with Crippen molar-refractivity contribution in [2.24, 2.45) is 0 Å². The molecule has 1 heterocycles. The number of hydrogen-bond donors (Lipinski definition) is 3. The van der Waals surface area contributed by atoms with Gasteiger partial charge in [0.2, 0.25) is 10.0 Å². The van der Waals surface area contributed by atoms with Gasteiger partial charge in [0.1, 0.15) is 5.00 Å². The number of sulfonamides is 1. The molecule has 0 aliphatic heterocycles. The minimum Gasteiger partial charge on any atom is -0.465 e. The summed E-state index contributed by atoms with van der Waals surface area (Å²) < 4.78 is 31.6. The van der Waals surface area contributed by atoms with Crippen molar-refractivity contribution in [2.45, 2.75) is 50.3 Å². The normalized spacial score (nSPS) is 14.1. The number of esters is 1.